The number of aromatic nitrogens is 1. The second-order valence-electron chi connectivity index (χ2n) is 10.0. The number of aliphatic hydroxyl groups is 1. The van der Waals surface area contributed by atoms with Gasteiger partial charge in [0.05, 0.1) is 30.1 Å². The van der Waals surface area contributed by atoms with Crippen molar-refractivity contribution in [1.82, 2.24) is 15.2 Å². The van der Waals surface area contributed by atoms with Crippen LogP contribution in [0.15, 0.2) is 53.8 Å². The first kappa shape index (κ1) is 23.5. The molecule has 5 atom stereocenters. The van der Waals surface area contributed by atoms with Gasteiger partial charge in [0.2, 0.25) is 11.8 Å². The van der Waals surface area contributed by atoms with Crippen LogP contribution in [-0.2, 0) is 16.0 Å². The summed E-state index contributed by atoms with van der Waals surface area (Å²) in [6.45, 7) is 4.05. The Morgan fingerprint density at radius 2 is 2.03 bits per heavy atom. The molecule has 1 fully saturated rings. The summed E-state index contributed by atoms with van der Waals surface area (Å²) < 4.78 is 0. The van der Waals surface area contributed by atoms with E-state index in [1.165, 1.54) is 0 Å². The average Bonchev–Trinajstić information content (AvgIpc) is 3.59. The van der Waals surface area contributed by atoms with Crippen LogP contribution in [0.4, 0.5) is 0 Å². The summed E-state index contributed by atoms with van der Waals surface area (Å²) in [7, 11) is 0. The van der Waals surface area contributed by atoms with E-state index in [2.05, 4.69) is 10.3 Å². The molecule has 0 spiro atoms. The largest absolute Gasteiger partial charge is 0.390 e. The maximum atomic E-state index is 13.4. The van der Waals surface area contributed by atoms with Crippen LogP contribution in [0.5, 0.6) is 0 Å². The monoisotopic (exact) mass is 475 g/mol. The Morgan fingerprint density at radius 3 is 2.71 bits per heavy atom. The fourth-order valence-electron chi connectivity index (χ4n) is 5.80. The highest BCUT2D eigenvalue weighted by atomic mass is 16.3. The number of aliphatic hydroxyl groups excluding tert-OH is 1. The predicted octanol–water partition coefficient (Wildman–Crippen LogP) is 2.64. The number of aliphatic imine (C=N–C) groups is 1. The number of nitrogens with zero attached hydrogens (tertiary/aromatic N) is 3. The van der Waals surface area contributed by atoms with Crippen LogP contribution in [0, 0.1) is 11.8 Å². The third-order valence-electron chi connectivity index (χ3n) is 8.05. The fraction of sp³-hybridized carbons (Fsp3) is 0.481. The Morgan fingerprint density at radius 1 is 1.26 bits per heavy atom. The number of carbonyl (C=O) groups is 2. The molecule has 2 aromatic rings. The van der Waals surface area contributed by atoms with Crippen molar-refractivity contribution in [3.05, 3.63) is 65.5 Å². The number of benzene rings is 1. The van der Waals surface area contributed by atoms with Crippen molar-refractivity contribution in [2.45, 2.75) is 69.7 Å². The lowest BCUT2D eigenvalue weighted by molar-refractivity contribution is -0.132. The number of guanidine groups is 1. The summed E-state index contributed by atoms with van der Waals surface area (Å²) in [5.41, 5.74) is 8.82. The lowest BCUT2D eigenvalue weighted by Gasteiger charge is -2.40. The molecular formula is C27H33N5O3. The van der Waals surface area contributed by atoms with Crippen molar-refractivity contribution in [3.8, 4) is 0 Å². The highest BCUT2D eigenvalue weighted by molar-refractivity contribution is 5.99. The van der Waals surface area contributed by atoms with Crippen LogP contribution in [0.25, 0.3) is 0 Å². The number of hydrogen-bond acceptors (Lipinski definition) is 6. The molecule has 0 radical (unpaired) electrons. The minimum atomic E-state index is -0.648. The van der Waals surface area contributed by atoms with Gasteiger partial charge >= 0.3 is 0 Å². The number of fused-ring (bicyclic) bond motifs is 1. The standard InChI is InChI=1S/C27H33N5O3/c1-3-27(4-2)14-22(34)32(26(28)31-27)24(17-9-7-11-29-15-17)19-13-20(19)25(35)30-23-18-10-6-5-8-16(18)12-21(23)33/h5-11,15,19-21,23-24,33H,3-4,12-14H2,1-2H3,(H2,28,31)(H,30,35)/t19-,20-,21-,23+,24+/m0/s1. The van der Waals surface area contributed by atoms with Gasteiger partial charge in [-0.25, -0.2) is 4.99 Å². The number of carbonyl (C=O) groups excluding carboxylic acids is 2. The van der Waals surface area contributed by atoms with Gasteiger partial charge < -0.3 is 16.2 Å². The zero-order valence-electron chi connectivity index (χ0n) is 20.2. The average molecular weight is 476 g/mol. The second-order valence-corrected chi connectivity index (χ2v) is 10.0. The first-order chi connectivity index (χ1) is 16.9. The van der Waals surface area contributed by atoms with Gasteiger partial charge in [-0.3, -0.25) is 19.5 Å². The highest BCUT2D eigenvalue weighted by Crippen LogP contribution is 2.51. The van der Waals surface area contributed by atoms with Gasteiger partial charge in [-0.05, 0) is 47.9 Å². The molecule has 0 saturated heterocycles. The number of pyridine rings is 1. The van der Waals surface area contributed by atoms with Crippen molar-refractivity contribution in [1.29, 1.82) is 0 Å². The molecule has 2 amide bonds. The maximum Gasteiger partial charge on any atom is 0.232 e. The molecule has 35 heavy (non-hydrogen) atoms. The molecule has 4 N–H and O–H groups in total. The Kier molecular flexibility index (Phi) is 6.09. The molecule has 3 aliphatic rings. The van der Waals surface area contributed by atoms with E-state index < -0.39 is 23.7 Å². The van der Waals surface area contributed by atoms with Crippen LogP contribution in [0.1, 0.15) is 68.3 Å². The van der Waals surface area contributed by atoms with Gasteiger partial charge in [0.1, 0.15) is 0 Å². The molecule has 1 aliphatic heterocycles. The van der Waals surface area contributed by atoms with Gasteiger partial charge in [0.15, 0.2) is 5.96 Å². The molecule has 1 aromatic heterocycles. The second kappa shape index (κ2) is 9.07. The number of nitrogens with two attached hydrogens (primary N) is 1. The first-order valence-corrected chi connectivity index (χ1v) is 12.5. The van der Waals surface area contributed by atoms with Crippen molar-refractivity contribution in [3.63, 3.8) is 0 Å². The van der Waals surface area contributed by atoms with Crippen molar-refractivity contribution in [2.24, 2.45) is 22.6 Å². The lowest BCUT2D eigenvalue weighted by Crippen LogP contribution is -2.53. The van der Waals surface area contributed by atoms with E-state index in [9.17, 15) is 14.7 Å². The number of rotatable bonds is 7. The number of nitrogens with one attached hydrogen (secondary N) is 1. The van der Waals surface area contributed by atoms with E-state index in [0.29, 0.717) is 19.3 Å². The third-order valence-corrected chi connectivity index (χ3v) is 8.05. The minimum Gasteiger partial charge on any atom is -0.390 e. The van der Waals surface area contributed by atoms with Crippen molar-refractivity contribution < 1.29 is 14.7 Å². The van der Waals surface area contributed by atoms with Crippen LogP contribution < -0.4 is 11.1 Å². The summed E-state index contributed by atoms with van der Waals surface area (Å²) in [6, 6.07) is 10.7. The lowest BCUT2D eigenvalue weighted by atomic mass is 9.87. The summed E-state index contributed by atoms with van der Waals surface area (Å²) in [6.07, 6.45) is 5.69. The third kappa shape index (κ3) is 4.20. The van der Waals surface area contributed by atoms with E-state index in [0.717, 1.165) is 29.5 Å². The fourth-order valence-corrected chi connectivity index (χ4v) is 5.80. The van der Waals surface area contributed by atoms with Gasteiger partial charge in [-0.15, -0.1) is 0 Å². The van der Waals surface area contributed by atoms with Gasteiger partial charge in [-0.1, -0.05) is 44.2 Å². The van der Waals surface area contributed by atoms with Gasteiger partial charge in [0, 0.05) is 24.7 Å². The molecule has 1 aromatic carbocycles. The SMILES string of the molecule is CCC1(CC)CC(=O)N([C@H](c2cccnc2)[C@H]2C[C@@H]2C(=O)N[C@@H]2c3ccccc3C[C@@H]2O)C(N)=N1. The summed E-state index contributed by atoms with van der Waals surface area (Å²) in [5, 5.41) is 13.6. The summed E-state index contributed by atoms with van der Waals surface area (Å²) in [4.78, 5) is 37.3. The molecule has 1 saturated carbocycles. The van der Waals surface area contributed by atoms with Gasteiger partial charge in [0.25, 0.3) is 0 Å². The quantitative estimate of drug-likeness (QED) is 0.569. The van der Waals surface area contributed by atoms with E-state index in [1.54, 1.807) is 17.3 Å². The Bertz CT molecular complexity index is 1150. The van der Waals surface area contributed by atoms with E-state index >= 15 is 0 Å². The molecule has 8 nitrogen and oxygen atoms in total. The minimum absolute atomic E-state index is 0.0683. The van der Waals surface area contributed by atoms with Crippen LogP contribution in [0.2, 0.25) is 0 Å². The molecule has 0 bridgehead atoms. The van der Waals surface area contributed by atoms with E-state index in [4.69, 9.17) is 10.7 Å². The van der Waals surface area contributed by atoms with Crippen molar-refractivity contribution >= 4 is 17.8 Å². The molecule has 2 aliphatic carbocycles. The zero-order valence-corrected chi connectivity index (χ0v) is 20.2. The Labute approximate surface area is 205 Å². The molecule has 5 rings (SSSR count). The van der Waals surface area contributed by atoms with Crippen LogP contribution in [-0.4, -0.2) is 44.4 Å². The van der Waals surface area contributed by atoms with Crippen LogP contribution >= 0.6 is 0 Å². The predicted molar refractivity (Wildman–Crippen MR) is 132 cm³/mol. The molecule has 184 valence electrons. The summed E-state index contributed by atoms with van der Waals surface area (Å²) >= 11 is 0. The first-order valence-electron chi connectivity index (χ1n) is 12.5. The Hall–Kier alpha value is -3.26. The maximum absolute atomic E-state index is 13.4. The van der Waals surface area contributed by atoms with Gasteiger partial charge in [-0.2, -0.15) is 0 Å². The molecule has 0 unspecified atom stereocenters. The van der Waals surface area contributed by atoms with Crippen LogP contribution in [0.3, 0.4) is 0 Å². The van der Waals surface area contributed by atoms with E-state index in [1.807, 2.05) is 50.2 Å². The molecular weight excluding hydrogens is 442 g/mol. The Balaban J connectivity index is 1.39. The summed E-state index contributed by atoms with van der Waals surface area (Å²) in [5.74, 6) is -0.362. The smallest absolute Gasteiger partial charge is 0.232 e. The zero-order chi connectivity index (χ0) is 24.7. The normalized spacial score (nSPS) is 27.7. The number of hydrogen-bond donors (Lipinski definition) is 3. The molecule has 8 heteroatoms. The molecule has 2 heterocycles. The van der Waals surface area contributed by atoms with E-state index in [-0.39, 0.29) is 29.6 Å². The van der Waals surface area contributed by atoms with Crippen molar-refractivity contribution in [2.75, 3.05) is 0 Å². The topological polar surface area (TPSA) is 121 Å². The highest BCUT2D eigenvalue weighted by Gasteiger charge is 2.54. The number of amides is 2.